The Morgan fingerprint density at radius 2 is 1.83 bits per heavy atom. The number of benzene rings is 2. The molecule has 0 saturated carbocycles. The predicted molar refractivity (Wildman–Crippen MR) is 178 cm³/mol. The number of amides is 1. The van der Waals surface area contributed by atoms with Gasteiger partial charge in [0, 0.05) is 68.9 Å². The lowest BCUT2D eigenvalue weighted by molar-refractivity contribution is -0.111. The molecule has 1 amide bonds. The van der Waals surface area contributed by atoms with Gasteiger partial charge in [-0.3, -0.25) is 14.5 Å². The maximum absolute atomic E-state index is 14.7. The molecule has 0 bridgehead atoms. The number of carbonyl (C=O) groups is 1. The van der Waals surface area contributed by atoms with E-state index in [-0.39, 0.29) is 18.1 Å². The topological polar surface area (TPSA) is 98.3 Å². The molecule has 3 saturated heterocycles. The zero-order valence-electron chi connectivity index (χ0n) is 27.1. The number of anilines is 5. The first-order chi connectivity index (χ1) is 22.7. The number of rotatable bonds is 9. The molecule has 3 aromatic rings. The third-order valence-corrected chi connectivity index (χ3v) is 9.45. The molecule has 3 aliphatic heterocycles. The van der Waals surface area contributed by atoms with Crippen molar-refractivity contribution in [3.63, 3.8) is 0 Å². The molecule has 4 heterocycles. The minimum atomic E-state index is -0.697. The molecule has 0 radical (unpaired) electrons. The number of hydroxylamine groups is 1. The Balaban J connectivity index is 1.23. The van der Waals surface area contributed by atoms with Gasteiger partial charge in [-0.05, 0) is 51.1 Å². The van der Waals surface area contributed by atoms with Crippen LogP contribution in [-0.4, -0.2) is 91.2 Å². The average molecular weight is 649 g/mol. The molecule has 13 heteroatoms. The van der Waals surface area contributed by atoms with Gasteiger partial charge in [0.2, 0.25) is 5.91 Å². The zero-order chi connectivity index (χ0) is 33.1. The van der Waals surface area contributed by atoms with Crippen molar-refractivity contribution >= 4 is 34.6 Å². The number of methoxy groups -OCH3 is 1. The second-order valence-corrected chi connectivity index (χ2v) is 12.3. The molecule has 11 nitrogen and oxygen atoms in total. The highest BCUT2D eigenvalue weighted by atomic mass is 19.1. The van der Waals surface area contributed by atoms with Crippen molar-refractivity contribution in [2.45, 2.75) is 44.3 Å². The molecule has 1 aromatic heterocycles. The second kappa shape index (κ2) is 14.2. The summed E-state index contributed by atoms with van der Waals surface area (Å²) in [5.74, 6) is -0.334. The van der Waals surface area contributed by atoms with Crippen LogP contribution in [0.1, 0.15) is 37.8 Å². The smallest absolute Gasteiger partial charge is 0.247 e. The number of nitrogens with one attached hydrogen (secondary N) is 2. The van der Waals surface area contributed by atoms with Crippen molar-refractivity contribution in [1.29, 1.82) is 0 Å². The van der Waals surface area contributed by atoms with Crippen LogP contribution in [0.4, 0.5) is 37.5 Å². The summed E-state index contributed by atoms with van der Waals surface area (Å²) in [6, 6.07) is 9.54. The van der Waals surface area contributed by atoms with E-state index in [0.717, 1.165) is 51.3 Å². The number of ether oxygens (including phenoxy) is 1. The first kappa shape index (κ1) is 32.6. The SMILES string of the molecule is C=CC(=O)Nc1cc(Nc2cc(N3OCCC3c3c(F)cccc3F)ncn2)c(OC)cc1N1CCC(N2CCN(C)C(C)C2)CC1. The number of hydrogen-bond acceptors (Lipinski definition) is 10. The van der Waals surface area contributed by atoms with E-state index >= 15 is 0 Å². The Kier molecular flexibility index (Phi) is 9.85. The van der Waals surface area contributed by atoms with Crippen LogP contribution < -0.4 is 25.3 Å². The molecule has 2 aromatic carbocycles. The summed E-state index contributed by atoms with van der Waals surface area (Å²) in [5.41, 5.74) is 1.95. The Morgan fingerprint density at radius 3 is 2.53 bits per heavy atom. The Bertz CT molecular complexity index is 1580. The van der Waals surface area contributed by atoms with Crippen LogP contribution in [0.5, 0.6) is 5.75 Å². The molecule has 2 atom stereocenters. The molecule has 3 aliphatic rings. The van der Waals surface area contributed by atoms with Gasteiger partial charge in [-0.25, -0.2) is 23.8 Å². The maximum atomic E-state index is 14.7. The summed E-state index contributed by atoms with van der Waals surface area (Å²) in [6.07, 6.45) is 5.02. The number of piperidine rings is 1. The molecule has 6 rings (SSSR count). The summed E-state index contributed by atoms with van der Waals surface area (Å²) in [5, 5.41) is 7.65. The number of hydrogen-bond donors (Lipinski definition) is 2. The number of halogens is 2. The monoisotopic (exact) mass is 648 g/mol. The summed E-state index contributed by atoms with van der Waals surface area (Å²) in [7, 11) is 3.77. The Morgan fingerprint density at radius 1 is 1.06 bits per heavy atom. The van der Waals surface area contributed by atoms with Crippen LogP contribution in [0.2, 0.25) is 0 Å². The average Bonchev–Trinajstić information content (AvgIpc) is 3.56. The Labute approximate surface area is 274 Å². The van der Waals surface area contributed by atoms with Crippen molar-refractivity contribution in [3.8, 4) is 5.75 Å². The summed E-state index contributed by atoms with van der Waals surface area (Å²) >= 11 is 0. The van der Waals surface area contributed by atoms with Gasteiger partial charge < -0.3 is 25.2 Å². The highest BCUT2D eigenvalue weighted by molar-refractivity contribution is 6.02. The molecule has 0 spiro atoms. The van der Waals surface area contributed by atoms with Gasteiger partial charge in [0.15, 0.2) is 5.82 Å². The minimum Gasteiger partial charge on any atom is -0.494 e. The fourth-order valence-corrected chi connectivity index (χ4v) is 6.72. The summed E-state index contributed by atoms with van der Waals surface area (Å²) in [4.78, 5) is 34.3. The van der Waals surface area contributed by atoms with E-state index in [0.29, 0.717) is 47.3 Å². The number of carbonyl (C=O) groups excluding carboxylic acids is 1. The van der Waals surface area contributed by atoms with Crippen molar-refractivity contribution < 1.29 is 23.1 Å². The highest BCUT2D eigenvalue weighted by Crippen LogP contribution is 2.41. The standard InChI is InChI=1S/C34H42F2N8O3/c1-5-33(45)40-26-17-27(30(46-4)18-29(26)42-12-9-23(10-13-42)43-15-14-41(3)22(2)20-43)39-31-19-32(38-21-37-31)44-28(11-16-47-44)34-24(35)7-6-8-25(34)36/h5-8,17-19,21-23,28H,1,9-16,20H2,2-4H3,(H,40,45)(H,37,38,39). The van der Waals surface area contributed by atoms with Crippen molar-refractivity contribution in [1.82, 2.24) is 19.8 Å². The van der Waals surface area contributed by atoms with Gasteiger partial charge in [0.1, 0.15) is 29.5 Å². The zero-order valence-corrected chi connectivity index (χ0v) is 27.1. The molecular formula is C34H42F2N8O3. The summed E-state index contributed by atoms with van der Waals surface area (Å²) < 4.78 is 35.1. The maximum Gasteiger partial charge on any atom is 0.247 e. The number of nitrogens with zero attached hydrogens (tertiary/aromatic N) is 6. The van der Waals surface area contributed by atoms with Gasteiger partial charge in [-0.1, -0.05) is 12.6 Å². The molecule has 0 aliphatic carbocycles. The van der Waals surface area contributed by atoms with E-state index < -0.39 is 17.7 Å². The van der Waals surface area contributed by atoms with E-state index in [9.17, 15) is 13.6 Å². The van der Waals surface area contributed by atoms with Gasteiger partial charge in [-0.15, -0.1) is 0 Å². The predicted octanol–water partition coefficient (Wildman–Crippen LogP) is 5.12. The quantitative estimate of drug-likeness (QED) is 0.305. The second-order valence-electron chi connectivity index (χ2n) is 12.3. The number of piperazine rings is 1. The third kappa shape index (κ3) is 7.02. The van der Waals surface area contributed by atoms with Gasteiger partial charge in [-0.2, -0.15) is 0 Å². The lowest BCUT2D eigenvalue weighted by Crippen LogP contribution is -2.55. The van der Waals surface area contributed by atoms with Crippen LogP contribution in [0.25, 0.3) is 0 Å². The molecule has 3 fully saturated rings. The van der Waals surface area contributed by atoms with E-state index in [2.05, 4.69) is 55.9 Å². The molecule has 2 unspecified atom stereocenters. The highest BCUT2D eigenvalue weighted by Gasteiger charge is 2.34. The van der Waals surface area contributed by atoms with Crippen molar-refractivity contribution in [2.24, 2.45) is 0 Å². The van der Waals surface area contributed by atoms with E-state index in [1.807, 2.05) is 12.1 Å². The fraction of sp³-hybridized carbons (Fsp3) is 0.441. The van der Waals surface area contributed by atoms with Gasteiger partial charge in [0.05, 0.1) is 36.8 Å². The van der Waals surface area contributed by atoms with E-state index in [1.165, 1.54) is 35.7 Å². The van der Waals surface area contributed by atoms with Crippen LogP contribution in [0, 0.1) is 11.6 Å². The van der Waals surface area contributed by atoms with Crippen LogP contribution in [0.3, 0.4) is 0 Å². The molecule has 250 valence electrons. The molecule has 47 heavy (non-hydrogen) atoms. The lowest BCUT2D eigenvalue weighted by atomic mass is 10.00. The fourth-order valence-electron chi connectivity index (χ4n) is 6.72. The lowest BCUT2D eigenvalue weighted by Gasteiger charge is -2.45. The van der Waals surface area contributed by atoms with E-state index in [1.54, 1.807) is 13.2 Å². The first-order valence-electron chi connectivity index (χ1n) is 16.1. The van der Waals surface area contributed by atoms with Crippen LogP contribution >= 0.6 is 0 Å². The number of likely N-dealkylation sites (N-methyl/N-ethyl adjacent to an activating group) is 1. The van der Waals surface area contributed by atoms with Crippen molar-refractivity contribution in [3.05, 3.63) is 72.6 Å². The third-order valence-electron chi connectivity index (χ3n) is 9.45. The summed E-state index contributed by atoms with van der Waals surface area (Å²) in [6.45, 7) is 11.1. The van der Waals surface area contributed by atoms with Crippen molar-refractivity contribution in [2.75, 3.05) is 74.1 Å². The molecule has 2 N–H and O–H groups in total. The minimum absolute atomic E-state index is 0.0693. The van der Waals surface area contributed by atoms with Crippen LogP contribution in [0.15, 0.2) is 55.4 Å². The van der Waals surface area contributed by atoms with Gasteiger partial charge in [0.25, 0.3) is 0 Å². The first-order valence-corrected chi connectivity index (χ1v) is 16.1. The Hall–Kier alpha value is -4.33. The normalized spacial score (nSPS) is 21.1. The largest absolute Gasteiger partial charge is 0.494 e. The molecular weight excluding hydrogens is 606 g/mol. The van der Waals surface area contributed by atoms with Crippen LogP contribution in [-0.2, 0) is 9.63 Å². The number of aromatic nitrogens is 2. The van der Waals surface area contributed by atoms with Gasteiger partial charge >= 0.3 is 0 Å². The van der Waals surface area contributed by atoms with E-state index in [4.69, 9.17) is 9.57 Å².